The third-order valence-corrected chi connectivity index (χ3v) is 5.57. The third kappa shape index (κ3) is 3.50. The number of rotatable bonds is 3. The van der Waals surface area contributed by atoms with E-state index in [0.717, 1.165) is 0 Å². The largest absolute Gasteiger partial charge is 0.324 e. The first-order valence-electron chi connectivity index (χ1n) is 7.15. The number of nitrogens with zero attached hydrogens (tertiary/aromatic N) is 4. The van der Waals surface area contributed by atoms with Crippen LogP contribution in [0, 0.1) is 0 Å². The lowest BCUT2D eigenvalue weighted by Crippen LogP contribution is -2.40. The van der Waals surface area contributed by atoms with Gasteiger partial charge in [0.25, 0.3) is 0 Å². The quantitative estimate of drug-likeness (QED) is 0.899. The van der Waals surface area contributed by atoms with E-state index in [-0.39, 0.29) is 23.6 Å². The van der Waals surface area contributed by atoms with Gasteiger partial charge in [-0.2, -0.15) is 5.10 Å². The number of urea groups is 1. The summed E-state index contributed by atoms with van der Waals surface area (Å²) >= 11 is 0. The Morgan fingerprint density at radius 2 is 2.26 bits per heavy atom. The van der Waals surface area contributed by atoms with Gasteiger partial charge in [0.15, 0.2) is 15.7 Å². The molecule has 1 aliphatic heterocycles. The van der Waals surface area contributed by atoms with Crippen LogP contribution in [0.15, 0.2) is 36.8 Å². The molecular weight excluding hydrogens is 318 g/mol. The fraction of sp³-hybridized carbons (Fsp3) is 0.357. The van der Waals surface area contributed by atoms with E-state index in [1.54, 1.807) is 42.3 Å². The molecule has 9 heteroatoms. The average molecular weight is 335 g/mol. The second-order valence-corrected chi connectivity index (χ2v) is 7.68. The molecule has 1 atom stereocenters. The van der Waals surface area contributed by atoms with Gasteiger partial charge < -0.3 is 10.2 Å². The molecule has 122 valence electrons. The molecule has 1 aliphatic rings. The van der Waals surface area contributed by atoms with E-state index in [1.807, 2.05) is 0 Å². The molecule has 1 saturated heterocycles. The number of carbonyl (C=O) groups is 1. The number of aromatic nitrogens is 3. The van der Waals surface area contributed by atoms with E-state index < -0.39 is 9.84 Å². The highest BCUT2D eigenvalue weighted by Gasteiger charge is 2.32. The van der Waals surface area contributed by atoms with Crippen LogP contribution in [-0.2, 0) is 9.84 Å². The summed E-state index contributed by atoms with van der Waals surface area (Å²) in [5.74, 6) is 0.797. The molecule has 23 heavy (non-hydrogen) atoms. The van der Waals surface area contributed by atoms with Crippen LogP contribution in [0.2, 0.25) is 0 Å². The lowest BCUT2D eigenvalue weighted by molar-refractivity contribution is 0.209. The van der Waals surface area contributed by atoms with Gasteiger partial charge in [-0.25, -0.2) is 22.9 Å². The average Bonchev–Trinajstić information content (AvgIpc) is 3.16. The van der Waals surface area contributed by atoms with Crippen molar-refractivity contribution in [2.75, 3.05) is 23.9 Å². The van der Waals surface area contributed by atoms with Gasteiger partial charge >= 0.3 is 6.03 Å². The van der Waals surface area contributed by atoms with Crippen molar-refractivity contribution in [2.45, 2.75) is 12.5 Å². The number of carbonyl (C=O) groups excluding carboxylic acids is 1. The molecule has 0 spiro atoms. The topological polar surface area (TPSA) is 97.2 Å². The maximum atomic E-state index is 12.2. The Balaban J connectivity index is 1.64. The van der Waals surface area contributed by atoms with Crippen LogP contribution in [0.5, 0.6) is 0 Å². The minimum atomic E-state index is -3.02. The minimum Gasteiger partial charge on any atom is -0.324 e. The monoisotopic (exact) mass is 335 g/mol. The Labute approximate surface area is 134 Å². The van der Waals surface area contributed by atoms with Crippen molar-refractivity contribution in [3.8, 4) is 5.82 Å². The SMILES string of the molecule is CN(C(=O)Nc1ccc(-n2cccn2)nc1)[C@@H]1CCS(=O)(=O)C1. The molecule has 2 aromatic rings. The number of hydrogen-bond acceptors (Lipinski definition) is 5. The molecule has 0 bridgehead atoms. The van der Waals surface area contributed by atoms with Crippen molar-refractivity contribution >= 4 is 21.6 Å². The number of pyridine rings is 1. The van der Waals surface area contributed by atoms with Crippen LogP contribution in [0.3, 0.4) is 0 Å². The van der Waals surface area contributed by atoms with Crippen LogP contribution in [0.25, 0.3) is 5.82 Å². The smallest absolute Gasteiger partial charge is 0.321 e. The lowest BCUT2D eigenvalue weighted by atomic mass is 10.2. The summed E-state index contributed by atoms with van der Waals surface area (Å²) in [7, 11) is -1.42. The van der Waals surface area contributed by atoms with Gasteiger partial charge in [-0.3, -0.25) is 0 Å². The van der Waals surface area contributed by atoms with Crippen molar-refractivity contribution in [1.82, 2.24) is 19.7 Å². The van der Waals surface area contributed by atoms with Crippen molar-refractivity contribution in [1.29, 1.82) is 0 Å². The number of hydrogen-bond donors (Lipinski definition) is 1. The van der Waals surface area contributed by atoms with Crippen LogP contribution < -0.4 is 5.32 Å². The predicted molar refractivity (Wildman–Crippen MR) is 85.2 cm³/mol. The number of amides is 2. The number of nitrogens with one attached hydrogen (secondary N) is 1. The van der Waals surface area contributed by atoms with Gasteiger partial charge in [0.1, 0.15) is 0 Å². The zero-order chi connectivity index (χ0) is 16.4. The molecule has 8 nitrogen and oxygen atoms in total. The van der Waals surface area contributed by atoms with Crippen LogP contribution in [0.1, 0.15) is 6.42 Å². The fourth-order valence-corrected chi connectivity index (χ4v) is 4.23. The lowest BCUT2D eigenvalue weighted by Gasteiger charge is -2.23. The Kier molecular flexibility index (Phi) is 4.03. The van der Waals surface area contributed by atoms with E-state index in [9.17, 15) is 13.2 Å². The van der Waals surface area contributed by atoms with E-state index in [1.165, 1.54) is 11.1 Å². The van der Waals surface area contributed by atoms with Crippen LogP contribution >= 0.6 is 0 Å². The first-order chi connectivity index (χ1) is 10.9. The number of sulfone groups is 1. The second-order valence-electron chi connectivity index (χ2n) is 5.45. The Hall–Kier alpha value is -2.42. The van der Waals surface area contributed by atoms with E-state index in [2.05, 4.69) is 15.4 Å². The van der Waals surface area contributed by atoms with E-state index in [4.69, 9.17) is 0 Å². The van der Waals surface area contributed by atoms with Gasteiger partial charge in [-0.05, 0) is 24.6 Å². The van der Waals surface area contributed by atoms with Gasteiger partial charge in [0.2, 0.25) is 0 Å². The zero-order valence-corrected chi connectivity index (χ0v) is 13.4. The summed E-state index contributed by atoms with van der Waals surface area (Å²) in [4.78, 5) is 17.9. The molecule has 0 radical (unpaired) electrons. The molecule has 0 unspecified atom stereocenters. The van der Waals surface area contributed by atoms with E-state index >= 15 is 0 Å². The van der Waals surface area contributed by atoms with Crippen molar-refractivity contribution < 1.29 is 13.2 Å². The summed E-state index contributed by atoms with van der Waals surface area (Å²) in [5, 5.41) is 6.79. The predicted octanol–water partition coefficient (Wildman–Crippen LogP) is 0.918. The second kappa shape index (κ2) is 5.99. The highest BCUT2D eigenvalue weighted by Crippen LogP contribution is 2.18. The van der Waals surface area contributed by atoms with Gasteiger partial charge in [0.05, 0.1) is 23.4 Å². The van der Waals surface area contributed by atoms with Gasteiger partial charge in [-0.15, -0.1) is 0 Å². The summed E-state index contributed by atoms with van der Waals surface area (Å²) < 4.78 is 24.6. The molecule has 3 heterocycles. The first-order valence-corrected chi connectivity index (χ1v) is 8.97. The molecular formula is C14H17N5O3S. The molecule has 0 saturated carbocycles. The molecule has 2 amide bonds. The van der Waals surface area contributed by atoms with Crippen molar-refractivity contribution in [3.63, 3.8) is 0 Å². The molecule has 0 aromatic carbocycles. The first kappa shape index (κ1) is 15.5. The minimum absolute atomic E-state index is 0.0212. The summed E-state index contributed by atoms with van der Waals surface area (Å²) in [5.41, 5.74) is 0.540. The number of anilines is 1. The van der Waals surface area contributed by atoms with Gasteiger partial charge in [0, 0.05) is 25.5 Å². The summed E-state index contributed by atoms with van der Waals surface area (Å²) in [6.45, 7) is 0. The Morgan fingerprint density at radius 3 is 2.83 bits per heavy atom. The van der Waals surface area contributed by atoms with Crippen LogP contribution in [0.4, 0.5) is 10.5 Å². The Bertz CT molecular complexity index is 786. The van der Waals surface area contributed by atoms with E-state index in [0.29, 0.717) is 17.9 Å². The van der Waals surface area contributed by atoms with Gasteiger partial charge in [-0.1, -0.05) is 0 Å². The standard InChI is InChI=1S/C14H17N5O3S/c1-18(12-5-8-23(21,22)10-12)14(20)17-11-3-4-13(15-9-11)19-7-2-6-16-19/h2-4,6-7,9,12H,5,8,10H2,1H3,(H,17,20)/t12-/m1/s1. The molecule has 1 N–H and O–H groups in total. The highest BCUT2D eigenvalue weighted by molar-refractivity contribution is 7.91. The summed E-state index contributed by atoms with van der Waals surface area (Å²) in [6, 6.07) is 4.63. The Morgan fingerprint density at radius 1 is 1.43 bits per heavy atom. The maximum absolute atomic E-state index is 12.2. The van der Waals surface area contributed by atoms with Crippen molar-refractivity contribution in [2.24, 2.45) is 0 Å². The third-order valence-electron chi connectivity index (χ3n) is 3.81. The fourth-order valence-electron chi connectivity index (χ4n) is 2.46. The molecule has 3 rings (SSSR count). The van der Waals surface area contributed by atoms with Crippen molar-refractivity contribution in [3.05, 3.63) is 36.8 Å². The molecule has 0 aliphatic carbocycles. The van der Waals surface area contributed by atoms with Crippen LogP contribution in [-0.4, -0.2) is 58.7 Å². The zero-order valence-electron chi connectivity index (χ0n) is 12.6. The summed E-state index contributed by atoms with van der Waals surface area (Å²) in [6.07, 6.45) is 5.44. The normalized spacial score (nSPS) is 19.4. The maximum Gasteiger partial charge on any atom is 0.321 e. The highest BCUT2D eigenvalue weighted by atomic mass is 32.2. The molecule has 1 fully saturated rings. The molecule has 2 aromatic heterocycles.